The van der Waals surface area contributed by atoms with Crippen LogP contribution in [0.25, 0.3) is 0 Å². The maximum Gasteiger partial charge on any atom is 0.345 e. The van der Waals surface area contributed by atoms with E-state index in [0.717, 1.165) is 22.6 Å². The Balaban J connectivity index is 1.90. The Morgan fingerprint density at radius 3 is 2.50 bits per heavy atom. The monoisotopic (exact) mass is 345 g/mol. The van der Waals surface area contributed by atoms with Crippen molar-refractivity contribution in [2.24, 2.45) is 5.10 Å². The topological polar surface area (TPSA) is 90.8 Å². The molecule has 1 aromatic heterocycles. The largest absolute Gasteiger partial charge is 0.477 e. The number of carbonyl (C=O) groups excluding carboxylic acids is 1. The summed E-state index contributed by atoms with van der Waals surface area (Å²) in [4.78, 5) is 23.7. The third-order valence-corrected chi connectivity index (χ3v) is 4.53. The molecular weight excluding hydrogens is 326 g/mol. The summed E-state index contributed by atoms with van der Waals surface area (Å²) in [5, 5.41) is 16.0. The summed E-state index contributed by atoms with van der Waals surface area (Å²) in [6.07, 6.45) is 0. The van der Waals surface area contributed by atoms with Crippen LogP contribution >= 0.6 is 11.3 Å². The zero-order valence-electron chi connectivity index (χ0n) is 13.7. The molecule has 0 saturated carbocycles. The highest BCUT2D eigenvalue weighted by molar-refractivity contribution is 7.15. The molecule has 0 aliphatic heterocycles. The van der Waals surface area contributed by atoms with Gasteiger partial charge in [-0.05, 0) is 44.5 Å². The fraction of sp³-hybridized carbons (Fsp3) is 0.235. The van der Waals surface area contributed by atoms with Gasteiger partial charge in [-0.1, -0.05) is 17.7 Å². The molecule has 24 heavy (non-hydrogen) atoms. The normalized spacial score (nSPS) is 11.2. The second kappa shape index (κ2) is 7.74. The van der Waals surface area contributed by atoms with Crippen LogP contribution in [0.2, 0.25) is 0 Å². The van der Waals surface area contributed by atoms with Gasteiger partial charge < -0.3 is 10.4 Å². The minimum absolute atomic E-state index is 0.103. The summed E-state index contributed by atoms with van der Waals surface area (Å²) < 4.78 is 0. The second-order valence-corrected chi connectivity index (χ2v) is 6.46. The Bertz CT molecular complexity index is 796. The summed E-state index contributed by atoms with van der Waals surface area (Å²) >= 11 is 1.12. The quantitative estimate of drug-likeness (QED) is 0.554. The van der Waals surface area contributed by atoms with Crippen LogP contribution in [0.5, 0.6) is 0 Å². The lowest BCUT2D eigenvalue weighted by Crippen LogP contribution is -2.26. The molecule has 2 rings (SSSR count). The molecule has 1 amide bonds. The van der Waals surface area contributed by atoms with Crippen LogP contribution in [-0.2, 0) is 4.79 Å². The van der Waals surface area contributed by atoms with E-state index in [9.17, 15) is 9.59 Å². The summed E-state index contributed by atoms with van der Waals surface area (Å²) in [6, 6.07) is 9.15. The van der Waals surface area contributed by atoms with Crippen LogP contribution in [0.4, 0.5) is 5.69 Å². The standard InChI is InChI=1S/C17H19N3O3S/c1-10-4-5-13(11(2)8-10)18-9-16(21)20-19-12(3)14-6-7-15(24-14)17(22)23/h4-8,18H,9H2,1-3H3,(H,20,21)(H,22,23). The van der Waals surface area contributed by atoms with Crippen molar-refractivity contribution in [3.63, 3.8) is 0 Å². The van der Waals surface area contributed by atoms with E-state index in [0.29, 0.717) is 10.6 Å². The zero-order chi connectivity index (χ0) is 17.7. The number of hydrazone groups is 1. The van der Waals surface area contributed by atoms with Crippen molar-refractivity contribution < 1.29 is 14.7 Å². The van der Waals surface area contributed by atoms with Crippen molar-refractivity contribution in [3.05, 3.63) is 51.2 Å². The maximum absolute atomic E-state index is 11.9. The van der Waals surface area contributed by atoms with Crippen LogP contribution < -0.4 is 10.7 Å². The second-order valence-electron chi connectivity index (χ2n) is 5.37. The molecule has 0 spiro atoms. The Morgan fingerprint density at radius 2 is 1.88 bits per heavy atom. The molecule has 0 atom stereocenters. The first-order valence-corrected chi connectivity index (χ1v) is 8.16. The summed E-state index contributed by atoms with van der Waals surface area (Å²) in [7, 11) is 0. The van der Waals surface area contributed by atoms with E-state index in [-0.39, 0.29) is 17.3 Å². The van der Waals surface area contributed by atoms with Gasteiger partial charge >= 0.3 is 5.97 Å². The lowest BCUT2D eigenvalue weighted by atomic mass is 10.1. The minimum Gasteiger partial charge on any atom is -0.477 e. The van der Waals surface area contributed by atoms with Gasteiger partial charge in [-0.15, -0.1) is 11.3 Å². The van der Waals surface area contributed by atoms with Gasteiger partial charge in [-0.25, -0.2) is 10.2 Å². The molecule has 0 saturated heterocycles. The van der Waals surface area contributed by atoms with Gasteiger partial charge in [-0.3, -0.25) is 4.79 Å². The van der Waals surface area contributed by atoms with E-state index in [1.165, 1.54) is 11.6 Å². The van der Waals surface area contributed by atoms with E-state index in [1.54, 1.807) is 13.0 Å². The summed E-state index contributed by atoms with van der Waals surface area (Å²) in [6.45, 7) is 5.81. The van der Waals surface area contributed by atoms with Crippen molar-refractivity contribution in [3.8, 4) is 0 Å². The highest BCUT2D eigenvalue weighted by atomic mass is 32.1. The van der Waals surface area contributed by atoms with Crippen molar-refractivity contribution in [1.29, 1.82) is 0 Å². The van der Waals surface area contributed by atoms with Gasteiger partial charge in [-0.2, -0.15) is 5.10 Å². The van der Waals surface area contributed by atoms with Crippen molar-refractivity contribution in [2.45, 2.75) is 20.8 Å². The number of nitrogens with one attached hydrogen (secondary N) is 2. The summed E-state index contributed by atoms with van der Waals surface area (Å²) in [5.41, 5.74) is 6.17. The van der Waals surface area contributed by atoms with Crippen LogP contribution in [0.1, 0.15) is 32.6 Å². The van der Waals surface area contributed by atoms with E-state index in [1.807, 2.05) is 32.0 Å². The van der Waals surface area contributed by atoms with Crippen LogP contribution in [0.15, 0.2) is 35.4 Å². The molecule has 0 unspecified atom stereocenters. The van der Waals surface area contributed by atoms with Gasteiger partial charge in [0.2, 0.25) is 0 Å². The molecule has 6 nitrogen and oxygen atoms in total. The Labute approximate surface area is 144 Å². The molecule has 1 heterocycles. The van der Waals surface area contributed by atoms with Gasteiger partial charge in [0.15, 0.2) is 0 Å². The first-order valence-electron chi connectivity index (χ1n) is 7.34. The lowest BCUT2D eigenvalue weighted by Gasteiger charge is -2.09. The molecule has 0 radical (unpaired) electrons. The first-order chi connectivity index (χ1) is 11.4. The highest BCUT2D eigenvalue weighted by Crippen LogP contribution is 2.17. The number of hydrogen-bond donors (Lipinski definition) is 3. The number of amides is 1. The third kappa shape index (κ3) is 4.66. The van der Waals surface area contributed by atoms with Gasteiger partial charge in [0.05, 0.1) is 17.1 Å². The predicted molar refractivity (Wildman–Crippen MR) is 96.0 cm³/mol. The molecular formula is C17H19N3O3S. The Kier molecular flexibility index (Phi) is 5.70. The smallest absolute Gasteiger partial charge is 0.345 e. The Hall–Kier alpha value is -2.67. The molecule has 7 heteroatoms. The number of nitrogens with zero attached hydrogens (tertiary/aromatic N) is 1. The van der Waals surface area contributed by atoms with Gasteiger partial charge in [0, 0.05) is 5.69 Å². The number of carboxylic acids is 1. The van der Waals surface area contributed by atoms with Crippen LogP contribution in [-0.4, -0.2) is 29.2 Å². The van der Waals surface area contributed by atoms with Gasteiger partial charge in [0.1, 0.15) is 4.88 Å². The molecule has 2 aromatic rings. The van der Waals surface area contributed by atoms with Crippen molar-refractivity contribution >= 4 is 34.6 Å². The number of hydrogen-bond acceptors (Lipinski definition) is 5. The Morgan fingerprint density at radius 1 is 1.17 bits per heavy atom. The molecule has 3 N–H and O–H groups in total. The van der Waals surface area contributed by atoms with E-state index >= 15 is 0 Å². The molecule has 0 aliphatic rings. The highest BCUT2D eigenvalue weighted by Gasteiger charge is 2.09. The fourth-order valence-corrected chi connectivity index (χ4v) is 2.87. The average molecular weight is 345 g/mol. The van der Waals surface area contributed by atoms with E-state index in [4.69, 9.17) is 5.11 Å². The number of carbonyl (C=O) groups is 2. The van der Waals surface area contributed by atoms with E-state index in [2.05, 4.69) is 15.8 Å². The SMILES string of the molecule is CC(=NNC(=O)CNc1ccc(C)cc1C)c1ccc(C(=O)O)s1. The lowest BCUT2D eigenvalue weighted by molar-refractivity contribution is -0.119. The number of carboxylic acid groups (broad SMARTS) is 1. The number of aromatic carboxylic acids is 1. The maximum atomic E-state index is 11.9. The molecule has 0 bridgehead atoms. The predicted octanol–water partition coefficient (Wildman–Crippen LogP) is 3.02. The number of rotatable bonds is 6. The molecule has 0 fully saturated rings. The molecule has 126 valence electrons. The number of aryl methyl sites for hydroxylation is 2. The average Bonchev–Trinajstić information content (AvgIpc) is 3.02. The molecule has 0 aliphatic carbocycles. The number of benzene rings is 1. The van der Waals surface area contributed by atoms with Crippen LogP contribution in [0.3, 0.4) is 0 Å². The third-order valence-electron chi connectivity index (χ3n) is 3.34. The summed E-state index contributed by atoms with van der Waals surface area (Å²) in [5.74, 6) is -1.25. The van der Waals surface area contributed by atoms with Crippen molar-refractivity contribution in [2.75, 3.05) is 11.9 Å². The van der Waals surface area contributed by atoms with Crippen molar-refractivity contribution in [1.82, 2.24) is 5.43 Å². The van der Waals surface area contributed by atoms with Gasteiger partial charge in [0.25, 0.3) is 5.91 Å². The zero-order valence-corrected chi connectivity index (χ0v) is 14.5. The minimum atomic E-state index is -0.972. The fourth-order valence-electron chi connectivity index (χ4n) is 2.08. The number of anilines is 1. The van der Waals surface area contributed by atoms with Crippen LogP contribution in [0, 0.1) is 13.8 Å². The first kappa shape index (κ1) is 17.7. The number of thiophene rings is 1. The molecule has 1 aromatic carbocycles. The van der Waals surface area contributed by atoms with E-state index < -0.39 is 5.97 Å².